The third-order valence-electron chi connectivity index (χ3n) is 4.08. The number of nitrogen functional groups attached to an aromatic ring is 1. The highest BCUT2D eigenvalue weighted by molar-refractivity contribution is 5.95. The van der Waals surface area contributed by atoms with Gasteiger partial charge in [0.1, 0.15) is 5.75 Å². The molecule has 2 N–H and O–H groups in total. The molecule has 1 saturated carbocycles. The minimum Gasteiger partial charge on any atom is -0.495 e. The van der Waals surface area contributed by atoms with Crippen molar-refractivity contribution < 1.29 is 9.53 Å². The predicted molar refractivity (Wildman–Crippen MR) is 80.9 cm³/mol. The van der Waals surface area contributed by atoms with Crippen LogP contribution < -0.4 is 10.5 Å². The molecular formula is C16H24N2O2. The van der Waals surface area contributed by atoms with E-state index < -0.39 is 0 Å². The topological polar surface area (TPSA) is 55.6 Å². The molecule has 0 heterocycles. The first-order valence-electron chi connectivity index (χ1n) is 7.30. The quantitative estimate of drug-likeness (QED) is 0.860. The van der Waals surface area contributed by atoms with Gasteiger partial charge in [0.05, 0.1) is 12.8 Å². The fourth-order valence-corrected chi connectivity index (χ4v) is 2.93. The van der Waals surface area contributed by atoms with E-state index in [2.05, 4.69) is 0 Å². The Kier molecular flexibility index (Phi) is 4.88. The maximum atomic E-state index is 12.4. The molecule has 0 radical (unpaired) electrons. The Morgan fingerprint density at radius 2 is 2.05 bits per heavy atom. The Hall–Kier alpha value is -1.71. The van der Waals surface area contributed by atoms with E-state index in [0.717, 1.165) is 6.54 Å². The van der Waals surface area contributed by atoms with Crippen LogP contribution in [-0.4, -0.2) is 31.5 Å². The van der Waals surface area contributed by atoms with Crippen molar-refractivity contribution in [2.75, 3.05) is 26.4 Å². The van der Waals surface area contributed by atoms with Crippen molar-refractivity contribution in [3.05, 3.63) is 23.8 Å². The molecule has 0 unspecified atom stereocenters. The second-order valence-corrected chi connectivity index (χ2v) is 5.65. The Morgan fingerprint density at radius 3 is 2.65 bits per heavy atom. The van der Waals surface area contributed by atoms with Crippen LogP contribution in [0, 0.1) is 5.92 Å². The predicted octanol–water partition coefficient (Wildman–Crippen LogP) is 2.93. The SMILES string of the molecule is COc1ccc(C(=O)N(C)CC2CCCCC2)cc1N. The van der Waals surface area contributed by atoms with Crippen LogP contribution in [0.4, 0.5) is 5.69 Å². The van der Waals surface area contributed by atoms with Crippen molar-refractivity contribution in [1.29, 1.82) is 0 Å². The lowest BCUT2D eigenvalue weighted by molar-refractivity contribution is 0.0760. The number of hydrogen-bond acceptors (Lipinski definition) is 3. The minimum atomic E-state index is 0.0323. The normalized spacial score (nSPS) is 15.9. The smallest absolute Gasteiger partial charge is 0.253 e. The lowest BCUT2D eigenvalue weighted by atomic mass is 9.89. The monoisotopic (exact) mass is 276 g/mol. The molecule has 0 atom stereocenters. The average molecular weight is 276 g/mol. The summed E-state index contributed by atoms with van der Waals surface area (Å²) in [5, 5.41) is 0. The molecule has 20 heavy (non-hydrogen) atoms. The zero-order valence-electron chi connectivity index (χ0n) is 12.4. The van der Waals surface area contributed by atoms with Gasteiger partial charge in [-0.2, -0.15) is 0 Å². The zero-order valence-corrected chi connectivity index (χ0v) is 12.4. The van der Waals surface area contributed by atoms with Gasteiger partial charge in [-0.15, -0.1) is 0 Å². The molecule has 1 aromatic carbocycles. The molecule has 4 heteroatoms. The van der Waals surface area contributed by atoms with Gasteiger partial charge >= 0.3 is 0 Å². The number of anilines is 1. The largest absolute Gasteiger partial charge is 0.495 e. The standard InChI is InChI=1S/C16H24N2O2/c1-18(11-12-6-4-3-5-7-12)16(19)13-8-9-15(20-2)14(17)10-13/h8-10,12H,3-7,11,17H2,1-2H3. The van der Waals surface area contributed by atoms with Crippen molar-refractivity contribution in [2.45, 2.75) is 32.1 Å². The molecule has 1 aliphatic rings. The maximum absolute atomic E-state index is 12.4. The summed E-state index contributed by atoms with van der Waals surface area (Å²) in [5.41, 5.74) is 6.99. The lowest BCUT2D eigenvalue weighted by Crippen LogP contribution is -2.32. The Morgan fingerprint density at radius 1 is 1.35 bits per heavy atom. The lowest BCUT2D eigenvalue weighted by Gasteiger charge is -2.27. The van der Waals surface area contributed by atoms with Crippen LogP contribution in [0.3, 0.4) is 0 Å². The summed E-state index contributed by atoms with van der Waals surface area (Å²) in [6.45, 7) is 0.838. The molecule has 4 nitrogen and oxygen atoms in total. The molecule has 0 bridgehead atoms. The van der Waals surface area contributed by atoms with Gasteiger partial charge in [-0.3, -0.25) is 4.79 Å². The van der Waals surface area contributed by atoms with Gasteiger partial charge in [0.25, 0.3) is 5.91 Å². The number of benzene rings is 1. The number of hydrogen-bond donors (Lipinski definition) is 1. The number of carbonyl (C=O) groups is 1. The molecule has 1 amide bonds. The van der Waals surface area contributed by atoms with Crippen LogP contribution in [0.2, 0.25) is 0 Å². The van der Waals surface area contributed by atoms with E-state index in [4.69, 9.17) is 10.5 Å². The van der Waals surface area contributed by atoms with E-state index in [1.165, 1.54) is 32.1 Å². The second-order valence-electron chi connectivity index (χ2n) is 5.65. The van der Waals surface area contributed by atoms with Crippen LogP contribution >= 0.6 is 0 Å². The maximum Gasteiger partial charge on any atom is 0.253 e. The number of carbonyl (C=O) groups excluding carboxylic acids is 1. The summed E-state index contributed by atoms with van der Waals surface area (Å²) in [4.78, 5) is 14.2. The average Bonchev–Trinajstić information content (AvgIpc) is 2.47. The number of ether oxygens (including phenoxy) is 1. The summed E-state index contributed by atoms with van der Waals surface area (Å²) in [7, 11) is 3.44. The molecule has 110 valence electrons. The van der Waals surface area contributed by atoms with Gasteiger partial charge in [-0.1, -0.05) is 19.3 Å². The summed E-state index contributed by atoms with van der Waals surface area (Å²) in [6.07, 6.45) is 6.40. The summed E-state index contributed by atoms with van der Waals surface area (Å²) >= 11 is 0. The van der Waals surface area contributed by atoms with Crippen LogP contribution in [0.25, 0.3) is 0 Å². The van der Waals surface area contributed by atoms with Crippen LogP contribution in [0.15, 0.2) is 18.2 Å². The number of amides is 1. The van der Waals surface area contributed by atoms with Crippen molar-refractivity contribution in [3.8, 4) is 5.75 Å². The van der Waals surface area contributed by atoms with Crippen molar-refractivity contribution in [2.24, 2.45) is 5.92 Å². The zero-order chi connectivity index (χ0) is 14.5. The van der Waals surface area contributed by atoms with Crippen molar-refractivity contribution in [1.82, 2.24) is 4.90 Å². The fourth-order valence-electron chi connectivity index (χ4n) is 2.93. The van der Waals surface area contributed by atoms with Crippen LogP contribution in [-0.2, 0) is 0 Å². The molecule has 1 fully saturated rings. The first kappa shape index (κ1) is 14.7. The minimum absolute atomic E-state index is 0.0323. The third kappa shape index (κ3) is 3.44. The molecule has 1 aliphatic carbocycles. The summed E-state index contributed by atoms with van der Waals surface area (Å²) in [6, 6.07) is 5.21. The highest BCUT2D eigenvalue weighted by Crippen LogP contribution is 2.26. The molecule has 1 aromatic rings. The Bertz CT molecular complexity index is 468. The highest BCUT2D eigenvalue weighted by Gasteiger charge is 2.19. The number of nitrogens with two attached hydrogens (primary N) is 1. The van der Waals surface area contributed by atoms with Crippen LogP contribution in [0.5, 0.6) is 5.75 Å². The van der Waals surface area contributed by atoms with E-state index in [9.17, 15) is 4.79 Å². The van der Waals surface area contributed by atoms with E-state index in [1.54, 1.807) is 25.3 Å². The van der Waals surface area contributed by atoms with E-state index in [-0.39, 0.29) is 5.91 Å². The summed E-state index contributed by atoms with van der Waals surface area (Å²) in [5.74, 6) is 1.29. The molecule has 2 rings (SSSR count). The molecule has 0 aromatic heterocycles. The fraction of sp³-hybridized carbons (Fsp3) is 0.562. The van der Waals surface area contributed by atoms with Gasteiger partial charge < -0.3 is 15.4 Å². The molecule has 0 spiro atoms. The Labute approximate surface area is 120 Å². The molecular weight excluding hydrogens is 252 g/mol. The van der Waals surface area contributed by atoms with Gasteiger partial charge in [0.2, 0.25) is 0 Å². The summed E-state index contributed by atoms with van der Waals surface area (Å²) < 4.78 is 5.11. The number of rotatable bonds is 4. The molecule has 0 aliphatic heterocycles. The van der Waals surface area contributed by atoms with Crippen LogP contribution in [0.1, 0.15) is 42.5 Å². The Balaban J connectivity index is 2.00. The second kappa shape index (κ2) is 6.64. The van der Waals surface area contributed by atoms with Gasteiger partial charge in [0.15, 0.2) is 0 Å². The third-order valence-corrected chi connectivity index (χ3v) is 4.08. The molecule has 0 saturated heterocycles. The van der Waals surface area contributed by atoms with E-state index in [0.29, 0.717) is 22.9 Å². The van der Waals surface area contributed by atoms with E-state index >= 15 is 0 Å². The first-order valence-corrected chi connectivity index (χ1v) is 7.30. The number of nitrogens with zero attached hydrogens (tertiary/aromatic N) is 1. The van der Waals surface area contributed by atoms with Crippen molar-refractivity contribution in [3.63, 3.8) is 0 Å². The van der Waals surface area contributed by atoms with Crippen molar-refractivity contribution >= 4 is 11.6 Å². The van der Waals surface area contributed by atoms with Gasteiger partial charge in [-0.25, -0.2) is 0 Å². The highest BCUT2D eigenvalue weighted by atomic mass is 16.5. The van der Waals surface area contributed by atoms with Gasteiger partial charge in [-0.05, 0) is 37.0 Å². The first-order chi connectivity index (χ1) is 9.61. The van der Waals surface area contributed by atoms with E-state index in [1.807, 2.05) is 11.9 Å². The van der Waals surface area contributed by atoms with Gasteiger partial charge in [0, 0.05) is 19.2 Å². The number of methoxy groups -OCH3 is 1.